The Morgan fingerprint density at radius 3 is 2.23 bits per heavy atom. The topological polar surface area (TPSA) is 121 Å². The van der Waals surface area contributed by atoms with Gasteiger partial charge in [0.15, 0.2) is 6.23 Å². The highest BCUT2D eigenvalue weighted by atomic mass is 16.6. The average molecular weight is 468 g/mol. The molecule has 0 saturated carbocycles. The minimum atomic E-state index is -1.31. The number of fused-ring (bicyclic) bond motifs is 10. The van der Waals surface area contributed by atoms with Crippen molar-refractivity contribution in [2.75, 3.05) is 6.61 Å². The van der Waals surface area contributed by atoms with Crippen molar-refractivity contribution in [2.24, 2.45) is 0 Å². The Morgan fingerprint density at radius 1 is 0.800 bits per heavy atom. The van der Waals surface area contributed by atoms with Gasteiger partial charge in [-0.1, -0.05) is 54.6 Å². The van der Waals surface area contributed by atoms with E-state index in [9.17, 15) is 24.9 Å². The SMILES string of the molecule is O=C1NC(=O)c2c1c1c3ccccc3ccc1c1c2c2ccccc2n1[C@@H]1O[C@H](CO)[C@@H](O)[C@H]1O. The molecule has 0 spiro atoms. The maximum absolute atomic E-state index is 13.2. The Labute approximate surface area is 197 Å². The third-order valence-electron chi connectivity index (χ3n) is 7.30. The first-order chi connectivity index (χ1) is 17.0. The van der Waals surface area contributed by atoms with Crippen LogP contribution in [-0.4, -0.2) is 56.6 Å². The van der Waals surface area contributed by atoms with Crippen molar-refractivity contribution in [1.82, 2.24) is 9.88 Å². The smallest absolute Gasteiger partial charge is 0.259 e. The monoisotopic (exact) mass is 468 g/mol. The molecular formula is C27H20N2O6. The van der Waals surface area contributed by atoms with Gasteiger partial charge in [0.25, 0.3) is 11.8 Å². The molecule has 2 aliphatic rings. The van der Waals surface area contributed by atoms with Gasteiger partial charge in [-0.15, -0.1) is 0 Å². The number of para-hydroxylation sites is 1. The fourth-order valence-corrected chi connectivity index (χ4v) is 5.81. The third kappa shape index (κ3) is 2.54. The highest BCUT2D eigenvalue weighted by Crippen LogP contribution is 2.46. The molecule has 1 fully saturated rings. The predicted octanol–water partition coefficient (Wildman–Crippen LogP) is 2.60. The van der Waals surface area contributed by atoms with E-state index in [1.807, 2.05) is 60.7 Å². The summed E-state index contributed by atoms with van der Waals surface area (Å²) >= 11 is 0. The second-order valence-electron chi connectivity index (χ2n) is 9.08. The van der Waals surface area contributed by atoms with E-state index >= 15 is 0 Å². The standard InChI is InChI=1S/C27H20N2O6/c30-11-17-23(31)24(32)27(35-17)29-16-8-4-3-7-14(16)19-21-20(25(33)28-26(21)34)18-13-6-2-1-5-12(13)9-10-15(18)22(19)29/h1-10,17,23-24,27,30-32H,11H2,(H,28,33,34)/t17-,23-,24-,27-/m1/s1. The van der Waals surface area contributed by atoms with Crippen molar-refractivity contribution < 1.29 is 29.6 Å². The number of aliphatic hydroxyl groups is 3. The Balaban J connectivity index is 1.74. The van der Waals surface area contributed by atoms with Crippen LogP contribution in [-0.2, 0) is 4.74 Å². The van der Waals surface area contributed by atoms with Gasteiger partial charge in [-0.05, 0) is 16.8 Å². The van der Waals surface area contributed by atoms with Gasteiger partial charge in [0, 0.05) is 21.5 Å². The number of nitrogens with zero attached hydrogens (tertiary/aromatic N) is 1. The molecule has 4 atom stereocenters. The van der Waals surface area contributed by atoms with E-state index in [-0.39, 0.29) is 5.56 Å². The fraction of sp³-hybridized carbons (Fsp3) is 0.185. The number of nitrogens with one attached hydrogen (secondary N) is 1. The lowest BCUT2D eigenvalue weighted by atomic mass is 9.91. The van der Waals surface area contributed by atoms with E-state index in [4.69, 9.17) is 4.74 Å². The van der Waals surface area contributed by atoms with E-state index in [0.717, 1.165) is 21.5 Å². The number of ether oxygens (including phenoxy) is 1. The molecule has 5 aromatic rings. The lowest BCUT2D eigenvalue weighted by Crippen LogP contribution is -2.33. The van der Waals surface area contributed by atoms with E-state index in [1.54, 1.807) is 4.57 Å². The summed E-state index contributed by atoms with van der Waals surface area (Å²) in [6, 6.07) is 18.9. The van der Waals surface area contributed by atoms with Crippen molar-refractivity contribution >= 4 is 55.2 Å². The molecule has 8 heteroatoms. The van der Waals surface area contributed by atoms with Crippen molar-refractivity contribution in [2.45, 2.75) is 24.5 Å². The quantitative estimate of drug-likeness (QED) is 0.234. The van der Waals surface area contributed by atoms with Crippen LogP contribution in [0.1, 0.15) is 26.9 Å². The molecule has 1 saturated heterocycles. The van der Waals surface area contributed by atoms with Gasteiger partial charge in [-0.2, -0.15) is 0 Å². The second-order valence-corrected chi connectivity index (χ2v) is 9.08. The molecule has 0 bridgehead atoms. The van der Waals surface area contributed by atoms with Crippen molar-refractivity contribution in [3.63, 3.8) is 0 Å². The first-order valence-corrected chi connectivity index (χ1v) is 11.4. The number of hydrogen-bond acceptors (Lipinski definition) is 6. The van der Waals surface area contributed by atoms with E-state index < -0.39 is 43.0 Å². The number of aliphatic hydroxyl groups excluding tert-OH is 3. The lowest BCUT2D eigenvalue weighted by Gasteiger charge is -2.21. The minimum Gasteiger partial charge on any atom is -0.394 e. The zero-order valence-corrected chi connectivity index (χ0v) is 18.3. The number of hydrogen-bond donors (Lipinski definition) is 4. The first-order valence-electron chi connectivity index (χ1n) is 11.4. The van der Waals surface area contributed by atoms with Gasteiger partial charge in [-0.25, -0.2) is 0 Å². The predicted molar refractivity (Wildman–Crippen MR) is 129 cm³/mol. The molecule has 3 heterocycles. The number of benzene rings is 4. The molecule has 4 N–H and O–H groups in total. The van der Waals surface area contributed by atoms with E-state index in [0.29, 0.717) is 27.4 Å². The molecule has 0 radical (unpaired) electrons. The van der Waals surface area contributed by atoms with Gasteiger partial charge in [-0.3, -0.25) is 14.9 Å². The number of aromatic nitrogens is 1. The molecule has 2 aliphatic heterocycles. The molecule has 35 heavy (non-hydrogen) atoms. The van der Waals surface area contributed by atoms with E-state index in [2.05, 4.69) is 5.32 Å². The highest BCUT2D eigenvalue weighted by Gasteiger charge is 2.45. The van der Waals surface area contributed by atoms with Gasteiger partial charge < -0.3 is 24.6 Å². The summed E-state index contributed by atoms with van der Waals surface area (Å²) in [7, 11) is 0. The number of amides is 2. The summed E-state index contributed by atoms with van der Waals surface area (Å²) in [6.07, 6.45) is -4.58. The van der Waals surface area contributed by atoms with Crippen LogP contribution in [0.4, 0.5) is 0 Å². The summed E-state index contributed by atoms with van der Waals surface area (Å²) in [5.74, 6) is -0.924. The Kier molecular flexibility index (Phi) is 4.16. The van der Waals surface area contributed by atoms with Crippen molar-refractivity contribution in [3.05, 3.63) is 71.8 Å². The van der Waals surface area contributed by atoms with Crippen LogP contribution in [0.3, 0.4) is 0 Å². The third-order valence-corrected chi connectivity index (χ3v) is 7.30. The molecular weight excluding hydrogens is 448 g/mol. The molecule has 7 rings (SSSR count). The lowest BCUT2D eigenvalue weighted by molar-refractivity contribution is -0.0486. The van der Waals surface area contributed by atoms with Crippen LogP contribution in [0, 0.1) is 0 Å². The van der Waals surface area contributed by atoms with Crippen LogP contribution in [0.25, 0.3) is 43.4 Å². The van der Waals surface area contributed by atoms with Crippen LogP contribution in [0.2, 0.25) is 0 Å². The summed E-state index contributed by atoms with van der Waals surface area (Å²) in [4.78, 5) is 26.3. The molecule has 2 amide bonds. The maximum atomic E-state index is 13.2. The van der Waals surface area contributed by atoms with Crippen LogP contribution < -0.4 is 5.32 Å². The summed E-state index contributed by atoms with van der Waals surface area (Å²) in [5.41, 5.74) is 1.91. The highest BCUT2D eigenvalue weighted by molar-refractivity contribution is 6.39. The second kappa shape index (κ2) is 7.10. The molecule has 4 aromatic carbocycles. The van der Waals surface area contributed by atoms with Gasteiger partial charge in [0.1, 0.15) is 18.3 Å². The molecule has 0 aliphatic carbocycles. The Morgan fingerprint density at radius 2 is 1.49 bits per heavy atom. The zero-order chi connectivity index (χ0) is 24.0. The zero-order valence-electron chi connectivity index (χ0n) is 18.3. The minimum absolute atomic E-state index is 0.288. The molecule has 0 unspecified atom stereocenters. The number of carbonyl (C=O) groups is 2. The van der Waals surface area contributed by atoms with E-state index in [1.165, 1.54) is 0 Å². The van der Waals surface area contributed by atoms with Crippen molar-refractivity contribution in [1.29, 1.82) is 0 Å². The van der Waals surface area contributed by atoms with Crippen LogP contribution in [0.15, 0.2) is 60.7 Å². The number of rotatable bonds is 2. The van der Waals surface area contributed by atoms with Gasteiger partial charge in [0.05, 0.1) is 28.8 Å². The summed E-state index contributed by atoms with van der Waals surface area (Å²) < 4.78 is 7.72. The molecule has 174 valence electrons. The average Bonchev–Trinajstić information content (AvgIpc) is 3.47. The summed E-state index contributed by atoms with van der Waals surface area (Å²) in [5, 5.41) is 38.0. The normalized spacial score (nSPS) is 24.2. The Hall–Kier alpha value is -3.82. The number of imide groups is 1. The largest absolute Gasteiger partial charge is 0.394 e. The Bertz CT molecular complexity index is 1740. The number of carbonyl (C=O) groups excluding carboxylic acids is 2. The van der Waals surface area contributed by atoms with Gasteiger partial charge in [0.2, 0.25) is 0 Å². The fourth-order valence-electron chi connectivity index (χ4n) is 5.81. The first kappa shape index (κ1) is 20.5. The maximum Gasteiger partial charge on any atom is 0.259 e. The van der Waals surface area contributed by atoms with Crippen molar-refractivity contribution in [3.8, 4) is 0 Å². The summed E-state index contributed by atoms with van der Waals surface area (Å²) in [6.45, 7) is -0.455. The van der Waals surface area contributed by atoms with Crippen LogP contribution >= 0.6 is 0 Å². The van der Waals surface area contributed by atoms with Gasteiger partial charge >= 0.3 is 0 Å². The van der Waals surface area contributed by atoms with Crippen LogP contribution in [0.5, 0.6) is 0 Å². The molecule has 8 nitrogen and oxygen atoms in total. The molecule has 1 aromatic heterocycles.